The van der Waals surface area contributed by atoms with Crippen LogP contribution in [-0.4, -0.2) is 25.1 Å². The Kier molecular flexibility index (Phi) is 5.17. The van der Waals surface area contributed by atoms with Crippen LogP contribution in [0.2, 0.25) is 0 Å². The topological polar surface area (TPSA) is 53.0 Å². The zero-order chi connectivity index (χ0) is 12.8. The molecule has 0 aliphatic rings. The first-order valence-corrected chi connectivity index (χ1v) is 7.04. The summed E-state index contributed by atoms with van der Waals surface area (Å²) in [5.41, 5.74) is 8.00. The molecule has 0 amide bonds. The summed E-state index contributed by atoms with van der Waals surface area (Å²) in [6, 6.07) is 8.20. The zero-order valence-corrected chi connectivity index (χ0v) is 11.4. The van der Waals surface area contributed by atoms with Gasteiger partial charge in [0.05, 0.1) is 11.3 Å². The minimum absolute atomic E-state index is 0.498. The van der Waals surface area contributed by atoms with Gasteiger partial charge in [0.15, 0.2) is 0 Å². The summed E-state index contributed by atoms with van der Waals surface area (Å²) in [5, 5.41) is 8.84. The maximum Gasteiger partial charge on any atom is 0.101 e. The molecule has 0 aliphatic carbocycles. The van der Waals surface area contributed by atoms with Gasteiger partial charge in [-0.25, -0.2) is 0 Å². The maximum absolute atomic E-state index is 8.84. The Morgan fingerprint density at radius 1 is 1.53 bits per heavy atom. The summed E-state index contributed by atoms with van der Waals surface area (Å²) in [6.45, 7) is 2.18. The molecule has 1 aromatic rings. The highest BCUT2D eigenvalue weighted by Crippen LogP contribution is 2.23. The second-order valence-electron chi connectivity index (χ2n) is 4.01. The lowest BCUT2D eigenvalue weighted by atomic mass is 10.1. The minimum Gasteiger partial charge on any atom is -0.398 e. The van der Waals surface area contributed by atoms with Crippen molar-refractivity contribution in [1.29, 1.82) is 5.26 Å². The van der Waals surface area contributed by atoms with Crippen molar-refractivity contribution in [2.24, 2.45) is 0 Å². The van der Waals surface area contributed by atoms with Gasteiger partial charge in [0.25, 0.3) is 0 Å². The fraction of sp³-hybridized carbons (Fsp3) is 0.462. The van der Waals surface area contributed by atoms with Crippen molar-refractivity contribution in [2.75, 3.05) is 29.7 Å². The second-order valence-corrected chi connectivity index (χ2v) is 4.92. The first kappa shape index (κ1) is 13.7. The molecule has 1 rings (SSSR count). The molecule has 0 radical (unpaired) electrons. The van der Waals surface area contributed by atoms with Gasteiger partial charge in [-0.05, 0) is 30.9 Å². The number of nitriles is 1. The largest absolute Gasteiger partial charge is 0.398 e. The summed E-state index contributed by atoms with van der Waals surface area (Å²) in [6.07, 6.45) is 3.21. The number of thioether (sulfide) groups is 1. The molecule has 0 spiro atoms. The molecule has 1 unspecified atom stereocenters. The number of rotatable bonds is 5. The Morgan fingerprint density at radius 3 is 2.71 bits per heavy atom. The van der Waals surface area contributed by atoms with Crippen molar-refractivity contribution in [2.45, 2.75) is 19.4 Å². The molecule has 0 fully saturated rings. The molecule has 92 valence electrons. The lowest BCUT2D eigenvalue weighted by molar-refractivity contribution is 0.673. The van der Waals surface area contributed by atoms with Crippen LogP contribution in [0.3, 0.4) is 0 Å². The molecule has 0 aromatic heterocycles. The molecule has 3 nitrogen and oxygen atoms in total. The van der Waals surface area contributed by atoms with Crippen LogP contribution in [0.25, 0.3) is 0 Å². The van der Waals surface area contributed by atoms with Gasteiger partial charge in [-0.2, -0.15) is 17.0 Å². The number of nitrogens with zero attached hydrogens (tertiary/aromatic N) is 2. The number of hydrogen-bond donors (Lipinski definition) is 1. The standard InChI is InChI=1S/C13H19N3S/c1-4-11(9-17-3)16(2)12-6-5-10(8-14)13(15)7-12/h5-7,11H,4,9,15H2,1-3H3. The van der Waals surface area contributed by atoms with E-state index in [1.165, 1.54) is 0 Å². The van der Waals surface area contributed by atoms with Crippen LogP contribution in [-0.2, 0) is 0 Å². The van der Waals surface area contributed by atoms with E-state index in [2.05, 4.69) is 31.2 Å². The molecule has 2 N–H and O–H groups in total. The lowest BCUT2D eigenvalue weighted by Crippen LogP contribution is -2.33. The number of nitrogen functional groups attached to an aromatic ring is 1. The minimum atomic E-state index is 0.498. The summed E-state index contributed by atoms with van der Waals surface area (Å²) in [4.78, 5) is 2.23. The van der Waals surface area contributed by atoms with Crippen LogP contribution in [0.1, 0.15) is 18.9 Å². The van der Waals surface area contributed by atoms with E-state index in [9.17, 15) is 0 Å². The molecule has 1 atom stereocenters. The monoisotopic (exact) mass is 249 g/mol. The van der Waals surface area contributed by atoms with Gasteiger partial charge in [-0.15, -0.1) is 0 Å². The number of nitrogens with two attached hydrogens (primary N) is 1. The van der Waals surface area contributed by atoms with Crippen molar-refractivity contribution in [3.8, 4) is 6.07 Å². The molecule has 0 heterocycles. The normalized spacial score (nSPS) is 11.9. The molecule has 0 aliphatic heterocycles. The third kappa shape index (κ3) is 3.31. The van der Waals surface area contributed by atoms with Crippen molar-refractivity contribution in [3.63, 3.8) is 0 Å². The summed E-state index contributed by atoms with van der Waals surface area (Å²) in [5.74, 6) is 1.09. The van der Waals surface area contributed by atoms with Crippen LogP contribution < -0.4 is 10.6 Å². The van der Waals surface area contributed by atoms with E-state index < -0.39 is 0 Å². The summed E-state index contributed by atoms with van der Waals surface area (Å²) in [7, 11) is 2.07. The van der Waals surface area contributed by atoms with E-state index >= 15 is 0 Å². The van der Waals surface area contributed by atoms with E-state index in [4.69, 9.17) is 11.0 Å². The van der Waals surface area contributed by atoms with Crippen LogP contribution in [0.4, 0.5) is 11.4 Å². The highest BCUT2D eigenvalue weighted by atomic mass is 32.2. The van der Waals surface area contributed by atoms with Crippen molar-refractivity contribution in [1.82, 2.24) is 0 Å². The van der Waals surface area contributed by atoms with Crippen LogP contribution in [0, 0.1) is 11.3 Å². The third-order valence-corrected chi connectivity index (χ3v) is 3.66. The molecule has 4 heteroatoms. The van der Waals surface area contributed by atoms with Crippen LogP contribution in [0.5, 0.6) is 0 Å². The average Bonchev–Trinajstić information content (AvgIpc) is 2.35. The molecule has 0 bridgehead atoms. The maximum atomic E-state index is 8.84. The van der Waals surface area contributed by atoms with Gasteiger partial charge in [0, 0.05) is 24.5 Å². The molecule has 17 heavy (non-hydrogen) atoms. The number of benzene rings is 1. The molecule has 0 saturated heterocycles. The molecular weight excluding hydrogens is 230 g/mol. The first-order valence-electron chi connectivity index (χ1n) is 5.65. The first-order chi connectivity index (χ1) is 8.13. The quantitative estimate of drug-likeness (QED) is 0.815. The Balaban J connectivity index is 2.92. The average molecular weight is 249 g/mol. The zero-order valence-electron chi connectivity index (χ0n) is 10.6. The Labute approximate surface area is 108 Å². The van der Waals surface area contributed by atoms with E-state index in [0.717, 1.165) is 17.9 Å². The smallest absolute Gasteiger partial charge is 0.101 e. The Hall–Kier alpha value is -1.34. The number of hydrogen-bond acceptors (Lipinski definition) is 4. The van der Waals surface area contributed by atoms with Crippen LogP contribution >= 0.6 is 11.8 Å². The summed E-state index contributed by atoms with van der Waals surface area (Å²) >= 11 is 1.84. The lowest BCUT2D eigenvalue weighted by Gasteiger charge is -2.29. The molecule has 1 aromatic carbocycles. The Morgan fingerprint density at radius 2 is 2.24 bits per heavy atom. The van der Waals surface area contributed by atoms with Gasteiger partial charge < -0.3 is 10.6 Å². The fourth-order valence-corrected chi connectivity index (χ4v) is 2.62. The third-order valence-electron chi connectivity index (χ3n) is 2.94. The van der Waals surface area contributed by atoms with E-state index in [1.807, 2.05) is 23.9 Å². The van der Waals surface area contributed by atoms with Crippen molar-refractivity contribution in [3.05, 3.63) is 23.8 Å². The highest BCUT2D eigenvalue weighted by molar-refractivity contribution is 7.98. The van der Waals surface area contributed by atoms with Gasteiger partial charge in [0.2, 0.25) is 0 Å². The second kappa shape index (κ2) is 6.41. The predicted molar refractivity (Wildman–Crippen MR) is 76.4 cm³/mol. The Bertz CT molecular complexity index is 412. The molecular formula is C13H19N3S. The van der Waals surface area contributed by atoms with E-state index in [-0.39, 0.29) is 0 Å². The predicted octanol–water partition coefficient (Wildman–Crippen LogP) is 2.72. The number of anilines is 2. The van der Waals surface area contributed by atoms with Gasteiger partial charge in [-0.1, -0.05) is 6.92 Å². The van der Waals surface area contributed by atoms with Crippen LogP contribution in [0.15, 0.2) is 18.2 Å². The van der Waals surface area contributed by atoms with Crippen molar-refractivity contribution < 1.29 is 0 Å². The summed E-state index contributed by atoms with van der Waals surface area (Å²) < 4.78 is 0. The van der Waals surface area contributed by atoms with Gasteiger partial charge in [0.1, 0.15) is 6.07 Å². The highest BCUT2D eigenvalue weighted by Gasteiger charge is 2.13. The van der Waals surface area contributed by atoms with Gasteiger partial charge in [-0.3, -0.25) is 0 Å². The van der Waals surface area contributed by atoms with E-state index in [1.54, 1.807) is 6.07 Å². The molecule has 0 saturated carbocycles. The van der Waals surface area contributed by atoms with Crippen molar-refractivity contribution >= 4 is 23.1 Å². The SMILES string of the molecule is CCC(CSC)N(C)c1ccc(C#N)c(N)c1. The van der Waals surface area contributed by atoms with Gasteiger partial charge >= 0.3 is 0 Å². The fourth-order valence-electron chi connectivity index (χ4n) is 1.78. The van der Waals surface area contributed by atoms with E-state index in [0.29, 0.717) is 17.3 Å².